The van der Waals surface area contributed by atoms with E-state index in [1.165, 1.54) is 6.39 Å². The lowest BCUT2D eigenvalue weighted by Gasteiger charge is -2.26. The van der Waals surface area contributed by atoms with E-state index in [-0.39, 0.29) is 6.10 Å². The Balaban J connectivity index is 1.35. The lowest BCUT2D eigenvalue weighted by atomic mass is 10.00. The van der Waals surface area contributed by atoms with Crippen molar-refractivity contribution in [3.05, 3.63) is 63.8 Å². The molecular formula is C26H26ClN3O4S. The highest BCUT2D eigenvalue weighted by Gasteiger charge is 2.33. The molecule has 1 saturated heterocycles. The number of hydrogen-bond donors (Lipinski definition) is 1. The van der Waals surface area contributed by atoms with Crippen molar-refractivity contribution in [2.45, 2.75) is 38.5 Å². The van der Waals surface area contributed by atoms with Crippen LogP contribution in [-0.4, -0.2) is 46.3 Å². The topological polar surface area (TPSA) is 80.9 Å². The van der Waals surface area contributed by atoms with Crippen molar-refractivity contribution >= 4 is 33.2 Å². The van der Waals surface area contributed by atoms with Gasteiger partial charge in [-0.3, -0.25) is 9.88 Å². The van der Waals surface area contributed by atoms with Crippen LogP contribution in [0.5, 0.6) is 5.75 Å². The minimum Gasteiger partial charge on any atom is -0.481 e. The maximum absolute atomic E-state index is 10.4. The van der Waals surface area contributed by atoms with Crippen LogP contribution in [0, 0.1) is 0 Å². The Labute approximate surface area is 212 Å². The third-order valence-corrected chi connectivity index (χ3v) is 8.15. The van der Waals surface area contributed by atoms with Gasteiger partial charge in [0.15, 0.2) is 18.3 Å². The third kappa shape index (κ3) is 4.34. The molecule has 1 fully saturated rings. The minimum absolute atomic E-state index is 0.265. The fourth-order valence-corrected chi connectivity index (χ4v) is 6.29. The van der Waals surface area contributed by atoms with Gasteiger partial charge >= 0.3 is 0 Å². The van der Waals surface area contributed by atoms with E-state index in [2.05, 4.69) is 14.9 Å². The standard InChI is InChI=1S/C26H26ClN3O4S/c1-2-21(31)23-12-19-26(35-23)17(3-4-28-19)18-11-16(27)9-15-10-22(34-24(15)18)25-20(29-14-33-25)13-30-5-7-32-8-6-30/h3-4,9,11-12,14,21-22,31H,2,5-8,10,13H2,1H3/t21?,22-/m1/s1. The van der Waals surface area contributed by atoms with Crippen molar-refractivity contribution < 1.29 is 19.0 Å². The number of aromatic nitrogens is 2. The molecule has 6 rings (SSSR count). The summed E-state index contributed by atoms with van der Waals surface area (Å²) in [6.45, 7) is 5.91. The lowest BCUT2D eigenvalue weighted by molar-refractivity contribution is 0.0331. The van der Waals surface area contributed by atoms with E-state index >= 15 is 0 Å². The van der Waals surface area contributed by atoms with Crippen molar-refractivity contribution in [3.8, 4) is 16.9 Å². The second-order valence-corrected chi connectivity index (χ2v) is 10.5. The number of aliphatic hydroxyl groups is 1. The molecular weight excluding hydrogens is 486 g/mol. The number of aliphatic hydroxyl groups excluding tert-OH is 1. The van der Waals surface area contributed by atoms with Crippen molar-refractivity contribution in [1.29, 1.82) is 0 Å². The molecule has 1 unspecified atom stereocenters. The van der Waals surface area contributed by atoms with Gasteiger partial charge in [-0.15, -0.1) is 11.3 Å². The van der Waals surface area contributed by atoms with Gasteiger partial charge in [0.25, 0.3) is 0 Å². The number of ether oxygens (including phenoxy) is 2. The van der Waals surface area contributed by atoms with E-state index in [0.717, 1.165) is 75.3 Å². The average molecular weight is 512 g/mol. The zero-order chi connectivity index (χ0) is 23.9. The first-order valence-corrected chi connectivity index (χ1v) is 13.1. The Morgan fingerprint density at radius 2 is 2.06 bits per heavy atom. The summed E-state index contributed by atoms with van der Waals surface area (Å²) < 4.78 is 18.9. The Bertz CT molecular complexity index is 1360. The van der Waals surface area contributed by atoms with Crippen LogP contribution in [0.2, 0.25) is 5.02 Å². The summed E-state index contributed by atoms with van der Waals surface area (Å²) >= 11 is 8.15. The minimum atomic E-state index is -0.496. The third-order valence-electron chi connectivity index (χ3n) is 6.67. The van der Waals surface area contributed by atoms with Gasteiger partial charge in [0.05, 0.1) is 29.5 Å². The van der Waals surface area contributed by atoms with E-state index in [4.69, 9.17) is 25.5 Å². The second kappa shape index (κ2) is 9.52. The van der Waals surface area contributed by atoms with Gasteiger partial charge in [0.2, 0.25) is 0 Å². The highest BCUT2D eigenvalue weighted by molar-refractivity contribution is 7.19. The number of nitrogens with zero attached hydrogens (tertiary/aromatic N) is 3. The number of rotatable bonds is 6. The highest BCUT2D eigenvalue weighted by atomic mass is 35.5. The predicted octanol–water partition coefficient (Wildman–Crippen LogP) is 5.56. The number of pyridine rings is 1. The van der Waals surface area contributed by atoms with Crippen molar-refractivity contribution in [1.82, 2.24) is 14.9 Å². The van der Waals surface area contributed by atoms with Crippen molar-refractivity contribution in [2.75, 3.05) is 26.3 Å². The zero-order valence-corrected chi connectivity index (χ0v) is 20.9. The predicted molar refractivity (Wildman–Crippen MR) is 135 cm³/mol. The molecule has 1 aromatic carbocycles. The molecule has 0 bridgehead atoms. The number of fused-ring (bicyclic) bond motifs is 2. The maximum atomic E-state index is 10.4. The molecule has 2 aliphatic rings. The van der Waals surface area contributed by atoms with Gasteiger partial charge in [-0.05, 0) is 30.7 Å². The molecule has 35 heavy (non-hydrogen) atoms. The highest BCUT2D eigenvalue weighted by Crippen LogP contribution is 2.48. The molecule has 2 atom stereocenters. The zero-order valence-electron chi connectivity index (χ0n) is 19.4. The number of benzene rings is 1. The van der Waals surface area contributed by atoms with Gasteiger partial charge in [0.1, 0.15) is 11.4 Å². The largest absolute Gasteiger partial charge is 0.481 e. The Kier molecular flexibility index (Phi) is 6.24. The normalized spacial score (nSPS) is 19.1. The molecule has 1 N–H and O–H groups in total. The SMILES string of the molecule is CCC(O)c1cc2nccc(-c3cc(Cl)cc4c3O[C@@H](c3ocnc3CN3CCOCC3)C4)c2s1. The quantitative estimate of drug-likeness (QED) is 0.363. The lowest BCUT2D eigenvalue weighted by Crippen LogP contribution is -2.36. The Morgan fingerprint density at radius 3 is 2.89 bits per heavy atom. The van der Waals surface area contributed by atoms with E-state index < -0.39 is 6.10 Å². The Morgan fingerprint density at radius 1 is 1.20 bits per heavy atom. The van der Waals surface area contributed by atoms with E-state index in [9.17, 15) is 5.11 Å². The van der Waals surface area contributed by atoms with Crippen molar-refractivity contribution in [3.63, 3.8) is 0 Å². The van der Waals surface area contributed by atoms with Crippen LogP contribution in [0.15, 0.2) is 41.3 Å². The molecule has 182 valence electrons. The van der Waals surface area contributed by atoms with Crippen LogP contribution in [0.3, 0.4) is 0 Å². The number of hydrogen-bond acceptors (Lipinski definition) is 8. The summed E-state index contributed by atoms with van der Waals surface area (Å²) in [6, 6.07) is 7.88. The van der Waals surface area contributed by atoms with Crippen LogP contribution in [0.4, 0.5) is 0 Å². The summed E-state index contributed by atoms with van der Waals surface area (Å²) in [6.07, 6.45) is 3.85. The van der Waals surface area contributed by atoms with Gasteiger partial charge in [-0.25, -0.2) is 4.98 Å². The first-order chi connectivity index (χ1) is 17.1. The summed E-state index contributed by atoms with van der Waals surface area (Å²) in [5.41, 5.74) is 4.74. The first-order valence-electron chi connectivity index (χ1n) is 11.9. The molecule has 4 aromatic rings. The number of thiophene rings is 1. The van der Waals surface area contributed by atoms with E-state index in [0.29, 0.717) is 24.4 Å². The summed E-state index contributed by atoms with van der Waals surface area (Å²) in [7, 11) is 0. The molecule has 0 radical (unpaired) electrons. The Hall–Kier alpha value is -2.49. The monoisotopic (exact) mass is 511 g/mol. The van der Waals surface area contributed by atoms with Crippen LogP contribution >= 0.6 is 22.9 Å². The summed E-state index contributed by atoms with van der Waals surface area (Å²) in [5, 5.41) is 11.0. The van der Waals surface area contributed by atoms with Crippen molar-refractivity contribution in [2.24, 2.45) is 0 Å². The number of halogens is 1. The fraction of sp³-hybridized carbons (Fsp3) is 0.385. The van der Waals surface area contributed by atoms with Gasteiger partial charge in [-0.1, -0.05) is 18.5 Å². The molecule has 0 aliphatic carbocycles. The number of morpholine rings is 1. The smallest absolute Gasteiger partial charge is 0.181 e. The van der Waals surface area contributed by atoms with Gasteiger partial charge < -0.3 is 19.0 Å². The summed E-state index contributed by atoms with van der Waals surface area (Å²) in [5.74, 6) is 1.57. The van der Waals surface area contributed by atoms with E-state index in [1.807, 2.05) is 31.2 Å². The fourth-order valence-electron chi connectivity index (χ4n) is 4.83. The molecule has 0 spiro atoms. The van der Waals surface area contributed by atoms with Crippen LogP contribution in [-0.2, 0) is 17.7 Å². The van der Waals surface area contributed by atoms with Gasteiger partial charge in [-0.2, -0.15) is 0 Å². The molecule has 5 heterocycles. The molecule has 0 saturated carbocycles. The molecule has 9 heteroatoms. The van der Waals surface area contributed by atoms with Crippen LogP contribution in [0.25, 0.3) is 21.3 Å². The molecule has 0 amide bonds. The molecule has 7 nitrogen and oxygen atoms in total. The maximum Gasteiger partial charge on any atom is 0.181 e. The molecule has 2 aliphatic heterocycles. The first kappa shape index (κ1) is 22.9. The second-order valence-electron chi connectivity index (χ2n) is 8.95. The summed E-state index contributed by atoms with van der Waals surface area (Å²) in [4.78, 5) is 12.3. The molecule has 3 aromatic heterocycles. The van der Waals surface area contributed by atoms with Gasteiger partial charge in [0, 0.05) is 58.8 Å². The average Bonchev–Trinajstić information content (AvgIpc) is 3.61. The van der Waals surface area contributed by atoms with Crippen LogP contribution in [0.1, 0.15) is 47.4 Å². The van der Waals surface area contributed by atoms with Crippen LogP contribution < -0.4 is 4.74 Å². The van der Waals surface area contributed by atoms with E-state index in [1.54, 1.807) is 17.5 Å². The number of oxazole rings is 1.